The summed E-state index contributed by atoms with van der Waals surface area (Å²) in [6, 6.07) is 5.30. The Kier molecular flexibility index (Phi) is 27.9. The molecule has 436 valence electrons. The second-order valence-corrected chi connectivity index (χ2v) is 21.2. The molecule has 2 fully saturated rings. The Morgan fingerprint density at radius 2 is 1.28 bits per heavy atom. The van der Waals surface area contributed by atoms with Gasteiger partial charge in [0.1, 0.15) is 18.1 Å². The first-order chi connectivity index (χ1) is 36.9. The quantitative estimate of drug-likeness (QED) is 0.0909. The molecular weight excluding hydrogens is 1010 g/mol. The highest BCUT2D eigenvalue weighted by atomic mass is 16.7. The number of carbonyl (C=O) groups excluding carboxylic acids is 2. The van der Waals surface area contributed by atoms with Gasteiger partial charge in [-0.25, -0.2) is 0 Å². The van der Waals surface area contributed by atoms with Gasteiger partial charge in [0.15, 0.2) is 17.9 Å². The lowest BCUT2D eigenvalue weighted by Crippen LogP contribution is -2.61. The zero-order chi connectivity index (χ0) is 57.5. The van der Waals surface area contributed by atoms with Gasteiger partial charge in [-0.05, 0) is 88.5 Å². The predicted octanol–water partition coefficient (Wildman–Crippen LogP) is 3.11. The van der Waals surface area contributed by atoms with Crippen LogP contribution >= 0.6 is 0 Å². The zero-order valence-corrected chi connectivity index (χ0v) is 44.9. The molecule has 0 saturated carbocycles. The second kappa shape index (κ2) is 33.1. The van der Waals surface area contributed by atoms with E-state index in [1.54, 1.807) is 97.2 Å². The van der Waals surface area contributed by atoms with E-state index in [-0.39, 0.29) is 75.4 Å². The van der Waals surface area contributed by atoms with E-state index in [1.807, 2.05) is 19.9 Å². The summed E-state index contributed by atoms with van der Waals surface area (Å²) in [4.78, 5) is 38.6. The maximum absolute atomic E-state index is 13.3. The van der Waals surface area contributed by atoms with E-state index in [1.165, 1.54) is 13.0 Å². The number of esters is 1. The molecule has 20 heteroatoms. The standard InChI is InChI=1S/C58H86N2O18/c1-35-17-14-12-10-8-6-4-5-7-9-11-13-15-20-46(76-57-54(71)52(60)53(70)37(3)75-57)32-49-51(56(72)73)48(68)34-58(74,78-49)33-45(66)29-43(64)27-40(61)18-16-19-41(62)28-44(65)31-50(69)77-55(35)36(2)21-26-42(63)30-47(67)38-22-24-39(59)25-23-38/h4-15,17,20,22-25,35-37,40-46,48-49,51-55,57,61-66,68,70-71,74H,16,18-19,21,26-34,59-60H2,1-3H3,(H,72,73)/b5-4-,8-6-,9-7+,12-10+,13-11+,17-14+,20-15+/t35?,36?,37-,40?,41?,42?,43?,44?,45?,46?,48?,49?,51?,52+,53-,54+,55?,57?,58?/m1/s1. The van der Waals surface area contributed by atoms with Crippen LogP contribution in [-0.2, 0) is 28.5 Å². The number of carboxylic acids is 1. The molecule has 3 aliphatic rings. The van der Waals surface area contributed by atoms with Gasteiger partial charge in [0, 0.05) is 42.9 Å². The first kappa shape index (κ1) is 65.8. The number of cyclic esters (lactones) is 1. The van der Waals surface area contributed by atoms with Crippen molar-refractivity contribution >= 4 is 23.4 Å². The van der Waals surface area contributed by atoms with Crippen molar-refractivity contribution in [3.63, 3.8) is 0 Å². The van der Waals surface area contributed by atoms with Crippen molar-refractivity contribution in [1.82, 2.24) is 0 Å². The minimum absolute atomic E-state index is 0.101. The molecule has 0 aromatic heterocycles. The number of carbonyl (C=O) groups is 3. The minimum Gasteiger partial charge on any atom is -0.481 e. The fourth-order valence-electron chi connectivity index (χ4n) is 9.95. The number of aliphatic hydroxyl groups excluding tert-OH is 9. The van der Waals surface area contributed by atoms with Crippen molar-refractivity contribution in [3.8, 4) is 0 Å². The molecule has 15 N–H and O–H groups in total. The van der Waals surface area contributed by atoms with Crippen LogP contribution in [0.5, 0.6) is 0 Å². The summed E-state index contributed by atoms with van der Waals surface area (Å²) >= 11 is 0. The fraction of sp³-hybridized carbons (Fsp3) is 0.603. The van der Waals surface area contributed by atoms with Gasteiger partial charge in [-0.2, -0.15) is 0 Å². The van der Waals surface area contributed by atoms with Crippen LogP contribution in [0.2, 0.25) is 0 Å². The zero-order valence-electron chi connectivity index (χ0n) is 44.9. The molecule has 4 rings (SSSR count). The van der Waals surface area contributed by atoms with E-state index in [2.05, 4.69) is 0 Å². The lowest BCUT2D eigenvalue weighted by Gasteiger charge is -2.45. The molecule has 0 spiro atoms. The van der Waals surface area contributed by atoms with Gasteiger partial charge in [-0.3, -0.25) is 14.4 Å². The number of ether oxygens (including phenoxy) is 4. The number of Topliss-reactive ketones (excluding diaryl/α,β-unsaturated/α-hetero) is 1. The smallest absolute Gasteiger partial charge is 0.311 e. The van der Waals surface area contributed by atoms with Gasteiger partial charge < -0.3 is 86.6 Å². The van der Waals surface area contributed by atoms with Crippen LogP contribution in [0.15, 0.2) is 109 Å². The summed E-state index contributed by atoms with van der Waals surface area (Å²) < 4.78 is 23.8. The molecule has 0 radical (unpaired) electrons. The summed E-state index contributed by atoms with van der Waals surface area (Å²) in [6.07, 6.45) is 5.92. The molecule has 3 heterocycles. The van der Waals surface area contributed by atoms with Crippen molar-refractivity contribution in [2.24, 2.45) is 23.5 Å². The van der Waals surface area contributed by atoms with Gasteiger partial charge in [0.2, 0.25) is 0 Å². The van der Waals surface area contributed by atoms with E-state index in [0.29, 0.717) is 17.7 Å². The average Bonchev–Trinajstić information content (AvgIpc) is 3.37. The Labute approximate surface area is 457 Å². The lowest BCUT2D eigenvalue weighted by molar-refractivity contribution is -0.308. The van der Waals surface area contributed by atoms with Crippen molar-refractivity contribution < 1.29 is 89.5 Å². The van der Waals surface area contributed by atoms with Crippen LogP contribution in [0.1, 0.15) is 115 Å². The number of hydrogen-bond acceptors (Lipinski definition) is 19. The average molecular weight is 1100 g/mol. The number of carboxylic acid groups (broad SMARTS) is 1. The number of aliphatic hydroxyl groups is 10. The Morgan fingerprint density at radius 1 is 0.731 bits per heavy atom. The van der Waals surface area contributed by atoms with E-state index >= 15 is 0 Å². The Morgan fingerprint density at radius 3 is 1.87 bits per heavy atom. The Hall–Kier alpha value is -4.75. The van der Waals surface area contributed by atoms with Crippen LogP contribution in [0.25, 0.3) is 0 Å². The maximum Gasteiger partial charge on any atom is 0.311 e. The highest BCUT2D eigenvalue weighted by Crippen LogP contribution is 2.38. The van der Waals surface area contributed by atoms with E-state index < -0.39 is 135 Å². The number of benzene rings is 1. The number of nitrogens with two attached hydrogens (primary N) is 2. The SMILES string of the molecule is CC1/C=C/C=C/C=C\C=C/C=C/C=C/C=C/C(OC2O[C@H](C)[C@@H](O)[C@H](N)[C@@H]2O)CC2OC(O)(CC(O)CC(O)CC(O)CCCC(O)CC(O)CC(=O)OC1C(C)CCC(O)CC(=O)c1ccc(N)cc1)CC(O)C2C(=O)O. The largest absolute Gasteiger partial charge is 0.481 e. The number of fused-ring (bicyclic) bond motifs is 2. The predicted molar refractivity (Wildman–Crippen MR) is 290 cm³/mol. The Bertz CT molecular complexity index is 2200. The third-order valence-corrected chi connectivity index (χ3v) is 14.3. The van der Waals surface area contributed by atoms with Crippen LogP contribution in [0.4, 0.5) is 5.69 Å². The van der Waals surface area contributed by atoms with E-state index in [0.717, 1.165) is 0 Å². The van der Waals surface area contributed by atoms with Gasteiger partial charge in [-0.1, -0.05) is 98.9 Å². The second-order valence-electron chi connectivity index (χ2n) is 21.2. The number of aliphatic carboxylic acids is 1. The topological polar surface area (TPSA) is 363 Å². The molecule has 2 saturated heterocycles. The lowest BCUT2D eigenvalue weighted by atomic mass is 9.82. The number of ketones is 1. The monoisotopic (exact) mass is 1100 g/mol. The molecule has 19 atom stereocenters. The van der Waals surface area contributed by atoms with Gasteiger partial charge >= 0.3 is 11.9 Å². The van der Waals surface area contributed by atoms with Crippen LogP contribution in [0, 0.1) is 17.8 Å². The van der Waals surface area contributed by atoms with Crippen molar-refractivity contribution in [2.75, 3.05) is 5.73 Å². The molecule has 0 aliphatic carbocycles. The molecule has 3 aliphatic heterocycles. The molecule has 15 unspecified atom stereocenters. The van der Waals surface area contributed by atoms with Crippen molar-refractivity contribution in [3.05, 3.63) is 115 Å². The third-order valence-electron chi connectivity index (χ3n) is 14.3. The highest BCUT2D eigenvalue weighted by molar-refractivity contribution is 5.96. The van der Waals surface area contributed by atoms with Gasteiger partial charge in [0.25, 0.3) is 0 Å². The van der Waals surface area contributed by atoms with Crippen LogP contribution in [-0.4, -0.2) is 171 Å². The number of rotatable bonds is 10. The van der Waals surface area contributed by atoms with Crippen LogP contribution < -0.4 is 11.5 Å². The van der Waals surface area contributed by atoms with E-state index in [4.69, 9.17) is 30.4 Å². The molecule has 20 nitrogen and oxygen atoms in total. The summed E-state index contributed by atoms with van der Waals surface area (Å²) in [5.41, 5.74) is 12.7. The van der Waals surface area contributed by atoms with Gasteiger partial charge in [-0.15, -0.1) is 0 Å². The van der Waals surface area contributed by atoms with Crippen LogP contribution in [0.3, 0.4) is 0 Å². The molecule has 78 heavy (non-hydrogen) atoms. The van der Waals surface area contributed by atoms with Crippen molar-refractivity contribution in [1.29, 1.82) is 0 Å². The summed E-state index contributed by atoms with van der Waals surface area (Å²) in [7, 11) is 0. The number of nitrogen functional groups attached to an aromatic ring is 1. The Balaban J connectivity index is 1.52. The summed E-state index contributed by atoms with van der Waals surface area (Å²) in [5, 5.41) is 119. The maximum atomic E-state index is 13.3. The number of hydrogen-bond donors (Lipinski definition) is 13. The first-order valence-corrected chi connectivity index (χ1v) is 27.0. The first-order valence-electron chi connectivity index (χ1n) is 27.0. The fourth-order valence-corrected chi connectivity index (χ4v) is 9.95. The molecule has 1 aromatic rings. The highest BCUT2D eigenvalue weighted by Gasteiger charge is 2.51. The number of allylic oxidation sites excluding steroid dienone is 12. The third kappa shape index (κ3) is 22.8. The van der Waals surface area contributed by atoms with Crippen molar-refractivity contribution in [2.45, 2.75) is 202 Å². The summed E-state index contributed by atoms with van der Waals surface area (Å²) in [5.74, 6) is -6.83. The van der Waals surface area contributed by atoms with Gasteiger partial charge in [0.05, 0.1) is 79.6 Å². The molecular formula is C58H86N2O18. The normalized spacial score (nSPS) is 38.7. The molecule has 1 aromatic carbocycles. The summed E-state index contributed by atoms with van der Waals surface area (Å²) in [6.45, 7) is 5.29. The van der Waals surface area contributed by atoms with E-state index in [9.17, 15) is 70.6 Å². The molecule has 0 amide bonds. The number of anilines is 1. The minimum atomic E-state index is -2.29. The molecule has 2 bridgehead atoms.